The molecule has 3 aliphatic rings. The van der Waals surface area contributed by atoms with Crippen LogP contribution in [0.1, 0.15) is 47.0 Å². The molecule has 0 bridgehead atoms. The average molecular weight is 351 g/mol. The van der Waals surface area contributed by atoms with Crippen LogP contribution in [0.4, 0.5) is 4.79 Å². The highest BCUT2D eigenvalue weighted by Crippen LogP contribution is 2.58. The summed E-state index contributed by atoms with van der Waals surface area (Å²) in [5.74, 6) is 0.918. The molecule has 25 heavy (non-hydrogen) atoms. The number of rotatable bonds is 4. The zero-order chi connectivity index (χ0) is 18.2. The molecule has 2 saturated heterocycles. The third-order valence-electron chi connectivity index (χ3n) is 5.68. The average Bonchev–Trinajstić information content (AvgIpc) is 3.06. The van der Waals surface area contributed by atoms with Crippen molar-refractivity contribution in [1.29, 1.82) is 0 Å². The molecule has 0 N–H and O–H groups in total. The summed E-state index contributed by atoms with van der Waals surface area (Å²) in [6, 6.07) is 0. The molecule has 0 aromatic rings. The van der Waals surface area contributed by atoms with E-state index in [4.69, 9.17) is 4.74 Å². The first kappa shape index (κ1) is 18.5. The van der Waals surface area contributed by atoms with E-state index >= 15 is 0 Å². The second-order valence-corrected chi connectivity index (χ2v) is 9.03. The van der Waals surface area contributed by atoms with Gasteiger partial charge in [0.05, 0.1) is 0 Å². The third-order valence-corrected chi connectivity index (χ3v) is 5.68. The normalized spacial score (nSPS) is 29.5. The Kier molecular flexibility index (Phi) is 5.02. The van der Waals surface area contributed by atoms with Gasteiger partial charge in [-0.1, -0.05) is 6.92 Å². The molecule has 2 unspecified atom stereocenters. The van der Waals surface area contributed by atoms with Crippen molar-refractivity contribution in [1.82, 2.24) is 14.7 Å². The lowest BCUT2D eigenvalue weighted by Gasteiger charge is -2.36. The first-order chi connectivity index (χ1) is 11.7. The van der Waals surface area contributed by atoms with E-state index < -0.39 is 5.60 Å². The Morgan fingerprint density at radius 1 is 1.12 bits per heavy atom. The van der Waals surface area contributed by atoms with Crippen molar-refractivity contribution in [2.45, 2.75) is 52.6 Å². The maximum atomic E-state index is 12.3. The molecule has 3 rings (SSSR count). The number of hydrogen-bond acceptors (Lipinski definition) is 4. The van der Waals surface area contributed by atoms with E-state index in [0.29, 0.717) is 18.2 Å². The lowest BCUT2D eigenvalue weighted by molar-refractivity contribution is -0.133. The number of nitrogens with zero attached hydrogens (tertiary/aromatic N) is 3. The third kappa shape index (κ3) is 4.27. The van der Waals surface area contributed by atoms with Crippen molar-refractivity contribution in [3.8, 4) is 0 Å². The topological polar surface area (TPSA) is 53.1 Å². The van der Waals surface area contributed by atoms with Gasteiger partial charge in [0, 0.05) is 57.6 Å². The van der Waals surface area contributed by atoms with Crippen LogP contribution in [0, 0.1) is 11.3 Å². The van der Waals surface area contributed by atoms with Crippen molar-refractivity contribution in [3.63, 3.8) is 0 Å². The van der Waals surface area contributed by atoms with Crippen LogP contribution < -0.4 is 0 Å². The Bertz CT molecular complexity index is 522. The SMILES string of the molecule is CCCC(=O)N1CCN(CC23CC2CN(C(=O)OC(C)(C)C)C3)CC1. The van der Waals surface area contributed by atoms with Gasteiger partial charge >= 0.3 is 6.09 Å². The molecule has 1 saturated carbocycles. The number of piperidine rings is 1. The van der Waals surface area contributed by atoms with Crippen molar-refractivity contribution >= 4 is 12.0 Å². The Labute approximate surface area is 151 Å². The first-order valence-corrected chi connectivity index (χ1v) is 9.70. The molecule has 2 atom stereocenters. The maximum Gasteiger partial charge on any atom is 0.410 e. The highest BCUT2D eigenvalue weighted by atomic mass is 16.6. The molecule has 1 aliphatic carbocycles. The lowest BCUT2D eigenvalue weighted by Crippen LogP contribution is -2.50. The van der Waals surface area contributed by atoms with Gasteiger partial charge in [-0.2, -0.15) is 0 Å². The first-order valence-electron chi connectivity index (χ1n) is 9.70. The van der Waals surface area contributed by atoms with Gasteiger partial charge < -0.3 is 14.5 Å². The van der Waals surface area contributed by atoms with E-state index in [1.165, 1.54) is 6.42 Å². The summed E-state index contributed by atoms with van der Waals surface area (Å²) >= 11 is 0. The van der Waals surface area contributed by atoms with Crippen LogP contribution in [0.25, 0.3) is 0 Å². The van der Waals surface area contributed by atoms with Crippen LogP contribution >= 0.6 is 0 Å². The molecule has 2 aliphatic heterocycles. The van der Waals surface area contributed by atoms with E-state index in [2.05, 4.69) is 11.8 Å². The quantitative estimate of drug-likeness (QED) is 0.779. The number of likely N-dealkylation sites (tertiary alicyclic amines) is 1. The van der Waals surface area contributed by atoms with Crippen LogP contribution in [0.2, 0.25) is 0 Å². The predicted octanol–water partition coefficient (Wildman–Crippen LogP) is 2.19. The van der Waals surface area contributed by atoms with Crippen molar-refractivity contribution in [2.75, 3.05) is 45.8 Å². The molecule has 0 spiro atoms. The van der Waals surface area contributed by atoms with E-state index in [1.807, 2.05) is 30.6 Å². The molecule has 0 aromatic heterocycles. The molecular formula is C19H33N3O3. The number of ether oxygens (including phenoxy) is 1. The van der Waals surface area contributed by atoms with Crippen molar-refractivity contribution < 1.29 is 14.3 Å². The molecule has 3 fully saturated rings. The molecule has 6 nitrogen and oxygen atoms in total. The van der Waals surface area contributed by atoms with Crippen LogP contribution in [0.5, 0.6) is 0 Å². The standard InChI is InChI=1S/C19H33N3O3/c1-5-6-16(23)21-9-7-20(8-10-21)13-19-11-15(19)12-22(14-19)17(24)25-18(2,3)4/h15H,5-14H2,1-4H3. The van der Waals surface area contributed by atoms with Crippen LogP contribution in [-0.4, -0.2) is 78.1 Å². The molecule has 142 valence electrons. The summed E-state index contributed by atoms with van der Waals surface area (Å²) in [6.07, 6.45) is 2.64. The minimum atomic E-state index is -0.432. The highest BCUT2D eigenvalue weighted by molar-refractivity contribution is 5.76. The van der Waals surface area contributed by atoms with E-state index in [9.17, 15) is 9.59 Å². The number of carbonyl (C=O) groups is 2. The van der Waals surface area contributed by atoms with Gasteiger partial charge in [0.1, 0.15) is 5.60 Å². The lowest BCUT2D eigenvalue weighted by atomic mass is 10.1. The summed E-state index contributed by atoms with van der Waals surface area (Å²) in [7, 11) is 0. The Hall–Kier alpha value is -1.30. The van der Waals surface area contributed by atoms with E-state index in [1.54, 1.807) is 0 Å². The van der Waals surface area contributed by atoms with Gasteiger partial charge in [-0.15, -0.1) is 0 Å². The molecular weight excluding hydrogens is 318 g/mol. The molecule has 0 aromatic carbocycles. The summed E-state index contributed by atoms with van der Waals surface area (Å²) in [5.41, 5.74) is -0.162. The molecule has 2 amide bonds. The van der Waals surface area contributed by atoms with E-state index in [-0.39, 0.29) is 11.5 Å². The largest absolute Gasteiger partial charge is 0.444 e. The fraction of sp³-hybridized carbons (Fsp3) is 0.895. The van der Waals surface area contributed by atoms with Gasteiger partial charge in [-0.25, -0.2) is 4.79 Å². The van der Waals surface area contributed by atoms with Gasteiger partial charge in [0.15, 0.2) is 0 Å². The van der Waals surface area contributed by atoms with Crippen LogP contribution in [0.15, 0.2) is 0 Å². The molecule has 0 radical (unpaired) electrons. The summed E-state index contributed by atoms with van der Waals surface area (Å²) < 4.78 is 5.52. The van der Waals surface area contributed by atoms with Crippen LogP contribution in [0.3, 0.4) is 0 Å². The predicted molar refractivity (Wildman–Crippen MR) is 96.3 cm³/mol. The zero-order valence-corrected chi connectivity index (χ0v) is 16.2. The van der Waals surface area contributed by atoms with Gasteiger partial charge in [-0.05, 0) is 39.5 Å². The monoisotopic (exact) mass is 351 g/mol. The van der Waals surface area contributed by atoms with Gasteiger partial charge in [0.2, 0.25) is 5.91 Å². The highest BCUT2D eigenvalue weighted by Gasteiger charge is 2.61. The van der Waals surface area contributed by atoms with Gasteiger partial charge in [-0.3, -0.25) is 9.69 Å². The zero-order valence-electron chi connectivity index (χ0n) is 16.2. The second kappa shape index (κ2) is 6.78. The second-order valence-electron chi connectivity index (χ2n) is 9.03. The fourth-order valence-electron chi connectivity index (χ4n) is 4.28. The number of amides is 2. The smallest absolute Gasteiger partial charge is 0.410 e. The Balaban J connectivity index is 1.46. The number of hydrogen-bond donors (Lipinski definition) is 0. The number of carbonyl (C=O) groups excluding carboxylic acids is 2. The van der Waals surface area contributed by atoms with E-state index in [0.717, 1.165) is 52.2 Å². The Morgan fingerprint density at radius 2 is 1.80 bits per heavy atom. The number of fused-ring (bicyclic) bond motifs is 1. The molecule has 2 heterocycles. The van der Waals surface area contributed by atoms with Crippen LogP contribution in [-0.2, 0) is 9.53 Å². The maximum absolute atomic E-state index is 12.3. The number of piperazine rings is 1. The summed E-state index contributed by atoms with van der Waals surface area (Å²) in [5, 5.41) is 0. The minimum absolute atomic E-state index is 0.172. The van der Waals surface area contributed by atoms with Crippen molar-refractivity contribution in [3.05, 3.63) is 0 Å². The molecule has 6 heteroatoms. The minimum Gasteiger partial charge on any atom is -0.444 e. The van der Waals surface area contributed by atoms with Gasteiger partial charge in [0.25, 0.3) is 0 Å². The summed E-state index contributed by atoms with van der Waals surface area (Å²) in [4.78, 5) is 30.7. The fourth-order valence-corrected chi connectivity index (χ4v) is 4.28. The van der Waals surface area contributed by atoms with Crippen molar-refractivity contribution in [2.24, 2.45) is 11.3 Å². The summed E-state index contributed by atoms with van der Waals surface area (Å²) in [6.45, 7) is 14.1. The Morgan fingerprint density at radius 3 is 2.40 bits per heavy atom.